The highest BCUT2D eigenvalue weighted by Gasteiger charge is 2.21. The molecule has 1 aliphatic rings. The Morgan fingerprint density at radius 1 is 1.19 bits per heavy atom. The van der Waals surface area contributed by atoms with Gasteiger partial charge in [-0.3, -0.25) is 5.43 Å². The first-order chi connectivity index (χ1) is 12.9. The van der Waals surface area contributed by atoms with Gasteiger partial charge in [0.2, 0.25) is 0 Å². The van der Waals surface area contributed by atoms with Gasteiger partial charge < -0.3 is 5.32 Å². The lowest BCUT2D eigenvalue weighted by Gasteiger charge is -2.27. The lowest BCUT2D eigenvalue weighted by atomic mass is 9.84. The lowest BCUT2D eigenvalue weighted by molar-refractivity contribution is 0.508. The molecule has 1 aliphatic heterocycles. The highest BCUT2D eigenvalue weighted by atomic mass is 19.1. The van der Waals surface area contributed by atoms with Crippen molar-refractivity contribution in [2.45, 2.75) is 25.3 Å². The van der Waals surface area contributed by atoms with Crippen molar-refractivity contribution in [3.05, 3.63) is 82.9 Å². The van der Waals surface area contributed by atoms with Gasteiger partial charge in [0.25, 0.3) is 0 Å². The molecule has 1 heterocycles. The van der Waals surface area contributed by atoms with E-state index >= 15 is 0 Å². The first kappa shape index (κ1) is 18.6. The number of halogens is 2. The fourth-order valence-electron chi connectivity index (χ4n) is 2.83. The second kappa shape index (κ2) is 7.58. The number of nitrogens with one attached hydrogen (secondary N) is 2. The summed E-state index contributed by atoms with van der Waals surface area (Å²) in [5, 5.41) is 16.5. The molecule has 3 rings (SSSR count). The number of benzene rings is 2. The van der Waals surface area contributed by atoms with Crippen LogP contribution < -0.4 is 10.7 Å². The van der Waals surface area contributed by atoms with E-state index in [1.807, 2.05) is 18.2 Å². The fraction of sp³-hybridized carbons (Fsp3) is 0.238. The van der Waals surface area contributed by atoms with Crippen molar-refractivity contribution < 1.29 is 8.78 Å². The molecule has 4 nitrogen and oxygen atoms in total. The quantitative estimate of drug-likeness (QED) is 0.862. The van der Waals surface area contributed by atoms with Gasteiger partial charge in [0, 0.05) is 12.0 Å². The van der Waals surface area contributed by atoms with Crippen LogP contribution in [0.5, 0.6) is 0 Å². The van der Waals surface area contributed by atoms with E-state index in [1.165, 1.54) is 24.3 Å². The van der Waals surface area contributed by atoms with Crippen molar-refractivity contribution >= 4 is 5.84 Å². The predicted molar refractivity (Wildman–Crippen MR) is 101 cm³/mol. The number of amidine groups is 1. The highest BCUT2D eigenvalue weighted by molar-refractivity contribution is 5.93. The number of hydrazone groups is 1. The second-order valence-corrected chi connectivity index (χ2v) is 7.06. The summed E-state index contributed by atoms with van der Waals surface area (Å²) in [5.41, 5.74) is 4.59. The van der Waals surface area contributed by atoms with Gasteiger partial charge in [-0.05, 0) is 41.5 Å². The minimum absolute atomic E-state index is 0.0108. The number of rotatable bonds is 4. The summed E-state index contributed by atoms with van der Waals surface area (Å²) in [6.07, 6.45) is 3.74. The Morgan fingerprint density at radius 3 is 2.56 bits per heavy atom. The van der Waals surface area contributed by atoms with Crippen LogP contribution in [0.25, 0.3) is 0 Å². The Hall–Kier alpha value is -3.20. The van der Waals surface area contributed by atoms with E-state index in [0.717, 1.165) is 11.1 Å². The summed E-state index contributed by atoms with van der Waals surface area (Å²) in [6.45, 7) is 4.75. The molecular formula is C21H20F2N4. The van der Waals surface area contributed by atoms with Gasteiger partial charge >= 0.3 is 0 Å². The van der Waals surface area contributed by atoms with E-state index in [0.29, 0.717) is 12.4 Å². The maximum absolute atomic E-state index is 13.5. The standard InChI is InChI=1S/C21H20F2N4/c1-21(2,16-4-6-17(22)7-5-16)13-25-20-10-9-19(26-27-20)14-3-8-18(23)15(11-14)12-24/h3-11,19,26H,13H2,1-2H3,(H,25,27). The molecule has 0 aromatic heterocycles. The van der Waals surface area contributed by atoms with Crippen LogP contribution in [-0.2, 0) is 5.41 Å². The molecule has 1 atom stereocenters. The summed E-state index contributed by atoms with van der Waals surface area (Å²) in [7, 11) is 0. The summed E-state index contributed by atoms with van der Waals surface area (Å²) in [5.74, 6) is -0.114. The monoisotopic (exact) mass is 366 g/mol. The van der Waals surface area contributed by atoms with Crippen LogP contribution >= 0.6 is 0 Å². The van der Waals surface area contributed by atoms with Crippen LogP contribution in [0.4, 0.5) is 8.78 Å². The SMILES string of the molecule is CC(C)(CNC1=NNC(c2ccc(F)c(C#N)c2)C=C1)c1ccc(F)cc1. The van der Waals surface area contributed by atoms with Crippen molar-refractivity contribution in [2.24, 2.45) is 5.10 Å². The number of hydrogen-bond donors (Lipinski definition) is 2. The highest BCUT2D eigenvalue weighted by Crippen LogP contribution is 2.23. The van der Waals surface area contributed by atoms with Crippen LogP contribution in [0.3, 0.4) is 0 Å². The molecule has 0 bridgehead atoms. The second-order valence-electron chi connectivity index (χ2n) is 7.06. The number of hydrogen-bond acceptors (Lipinski definition) is 4. The third kappa shape index (κ3) is 4.32. The minimum atomic E-state index is -0.532. The molecule has 1 unspecified atom stereocenters. The van der Waals surface area contributed by atoms with E-state index in [2.05, 4.69) is 29.7 Å². The molecular weight excluding hydrogens is 346 g/mol. The summed E-state index contributed by atoms with van der Waals surface area (Å²) < 4.78 is 26.6. The molecule has 6 heteroatoms. The number of nitrogens with zero attached hydrogens (tertiary/aromatic N) is 2. The Kier molecular flexibility index (Phi) is 5.22. The van der Waals surface area contributed by atoms with Gasteiger partial charge in [-0.2, -0.15) is 10.4 Å². The van der Waals surface area contributed by atoms with E-state index < -0.39 is 5.82 Å². The summed E-state index contributed by atoms with van der Waals surface area (Å²) in [4.78, 5) is 0. The average molecular weight is 366 g/mol. The Balaban J connectivity index is 1.62. The maximum atomic E-state index is 13.5. The third-order valence-electron chi connectivity index (χ3n) is 4.58. The van der Waals surface area contributed by atoms with E-state index in [9.17, 15) is 8.78 Å². The van der Waals surface area contributed by atoms with Gasteiger partial charge in [0.1, 0.15) is 23.5 Å². The van der Waals surface area contributed by atoms with Gasteiger partial charge in [-0.1, -0.05) is 38.1 Å². The van der Waals surface area contributed by atoms with E-state index in [1.54, 1.807) is 18.2 Å². The molecule has 2 N–H and O–H groups in total. The molecule has 0 radical (unpaired) electrons. The maximum Gasteiger partial charge on any atom is 0.145 e. The van der Waals surface area contributed by atoms with Crippen molar-refractivity contribution in [1.82, 2.24) is 10.7 Å². The smallest absolute Gasteiger partial charge is 0.145 e. The molecule has 27 heavy (non-hydrogen) atoms. The Morgan fingerprint density at radius 2 is 1.93 bits per heavy atom. The first-order valence-electron chi connectivity index (χ1n) is 8.60. The Labute approximate surface area is 157 Å². The number of nitriles is 1. The zero-order valence-corrected chi connectivity index (χ0v) is 15.1. The zero-order valence-electron chi connectivity index (χ0n) is 15.1. The van der Waals surface area contributed by atoms with Crippen molar-refractivity contribution in [3.63, 3.8) is 0 Å². The molecule has 0 fully saturated rings. The van der Waals surface area contributed by atoms with Crippen LogP contribution in [0.15, 0.2) is 59.7 Å². The van der Waals surface area contributed by atoms with E-state index in [4.69, 9.17) is 5.26 Å². The molecule has 0 spiro atoms. The van der Waals surface area contributed by atoms with Crippen LogP contribution in [0, 0.1) is 23.0 Å². The van der Waals surface area contributed by atoms with Gasteiger partial charge in [0.15, 0.2) is 0 Å². The molecule has 138 valence electrons. The fourth-order valence-corrected chi connectivity index (χ4v) is 2.83. The lowest BCUT2D eigenvalue weighted by Crippen LogP contribution is -2.38. The topological polar surface area (TPSA) is 60.2 Å². The van der Waals surface area contributed by atoms with Crippen LogP contribution in [0.2, 0.25) is 0 Å². The van der Waals surface area contributed by atoms with Crippen molar-refractivity contribution in [2.75, 3.05) is 6.54 Å². The van der Waals surface area contributed by atoms with Crippen LogP contribution in [0.1, 0.15) is 36.6 Å². The predicted octanol–water partition coefficient (Wildman–Crippen LogP) is 3.92. The Bertz CT molecular complexity index is 924. The van der Waals surface area contributed by atoms with Crippen LogP contribution in [-0.4, -0.2) is 12.4 Å². The molecule has 2 aromatic carbocycles. The largest absolute Gasteiger partial charge is 0.368 e. The minimum Gasteiger partial charge on any atom is -0.368 e. The molecule has 0 saturated carbocycles. The molecule has 2 aromatic rings. The molecule has 0 amide bonds. The molecule has 0 aliphatic carbocycles. The van der Waals surface area contributed by atoms with E-state index in [-0.39, 0.29) is 22.8 Å². The third-order valence-corrected chi connectivity index (χ3v) is 4.58. The molecule has 0 saturated heterocycles. The van der Waals surface area contributed by atoms with Gasteiger partial charge in [-0.15, -0.1) is 0 Å². The van der Waals surface area contributed by atoms with Gasteiger partial charge in [-0.25, -0.2) is 8.78 Å². The zero-order chi connectivity index (χ0) is 19.4. The summed E-state index contributed by atoms with van der Waals surface area (Å²) >= 11 is 0. The van der Waals surface area contributed by atoms with Gasteiger partial charge in [0.05, 0.1) is 11.6 Å². The normalized spacial score (nSPS) is 16.3. The van der Waals surface area contributed by atoms with Crippen molar-refractivity contribution in [3.8, 4) is 6.07 Å². The average Bonchev–Trinajstić information content (AvgIpc) is 2.68. The first-order valence-corrected chi connectivity index (χ1v) is 8.60. The summed E-state index contributed by atoms with van der Waals surface area (Å²) in [6, 6.07) is 12.5. The van der Waals surface area contributed by atoms with Crippen molar-refractivity contribution in [1.29, 1.82) is 5.26 Å².